The van der Waals surface area contributed by atoms with Crippen LogP contribution in [0.5, 0.6) is 0 Å². The lowest BCUT2D eigenvalue weighted by molar-refractivity contribution is -0.143. The second-order valence-electron chi connectivity index (χ2n) is 3.82. The first-order chi connectivity index (χ1) is 7.54. The Morgan fingerprint density at radius 3 is 2.19 bits per heavy atom. The van der Waals surface area contributed by atoms with Gasteiger partial charge in [0, 0.05) is 11.2 Å². The number of halogens is 1. The highest BCUT2D eigenvalue weighted by Gasteiger charge is 2.29. The molecule has 5 heteroatoms. The number of alkyl halides is 1. The van der Waals surface area contributed by atoms with Gasteiger partial charge in [0.2, 0.25) is 0 Å². The van der Waals surface area contributed by atoms with Crippen LogP contribution in [0.25, 0.3) is 0 Å². The molecular weight excluding hydrogens is 274 g/mol. The van der Waals surface area contributed by atoms with Gasteiger partial charge in [0.1, 0.15) is 0 Å². The van der Waals surface area contributed by atoms with Crippen molar-refractivity contribution in [3.8, 4) is 0 Å². The minimum Gasteiger partial charge on any atom is -0.480 e. The number of carbonyl (C=O) groups excluding carboxylic acids is 1. The molecule has 94 valence electrons. The summed E-state index contributed by atoms with van der Waals surface area (Å²) in [6, 6.07) is -1.32. The molecule has 4 nitrogen and oxygen atoms in total. The molecule has 16 heavy (non-hydrogen) atoms. The van der Waals surface area contributed by atoms with Crippen LogP contribution < -0.4 is 5.73 Å². The molecule has 0 aliphatic heterocycles. The van der Waals surface area contributed by atoms with Crippen molar-refractivity contribution in [3.05, 3.63) is 0 Å². The molecule has 0 radical (unpaired) electrons. The molecule has 3 N–H and O–H groups in total. The van der Waals surface area contributed by atoms with Crippen LogP contribution in [0, 0.1) is 5.92 Å². The van der Waals surface area contributed by atoms with E-state index in [1.54, 1.807) is 0 Å². The van der Waals surface area contributed by atoms with Crippen LogP contribution in [0.1, 0.15) is 39.0 Å². The highest BCUT2D eigenvalue weighted by atomic mass is 79.9. The second kappa shape index (κ2) is 8.70. The molecule has 0 heterocycles. The zero-order valence-corrected chi connectivity index (χ0v) is 11.2. The zero-order valence-electron chi connectivity index (χ0n) is 9.62. The highest BCUT2D eigenvalue weighted by molar-refractivity contribution is 9.09. The van der Waals surface area contributed by atoms with E-state index in [9.17, 15) is 9.59 Å². The first kappa shape index (κ1) is 15.6. The van der Waals surface area contributed by atoms with Gasteiger partial charge in [-0.15, -0.1) is 0 Å². The van der Waals surface area contributed by atoms with Crippen LogP contribution in [-0.4, -0.2) is 28.2 Å². The van der Waals surface area contributed by atoms with Crippen molar-refractivity contribution >= 4 is 27.7 Å². The van der Waals surface area contributed by atoms with E-state index < -0.39 is 12.0 Å². The Morgan fingerprint density at radius 1 is 1.38 bits per heavy atom. The van der Waals surface area contributed by atoms with E-state index in [1.807, 2.05) is 6.92 Å². The van der Waals surface area contributed by atoms with Crippen molar-refractivity contribution in [2.75, 3.05) is 5.33 Å². The molecule has 0 saturated heterocycles. The minimum absolute atomic E-state index is 0.111. The number of ketones is 1. The quantitative estimate of drug-likeness (QED) is 0.616. The summed E-state index contributed by atoms with van der Waals surface area (Å²) in [7, 11) is 0. The maximum absolute atomic E-state index is 11.4. The molecule has 0 bridgehead atoms. The van der Waals surface area contributed by atoms with Crippen molar-refractivity contribution in [1.29, 1.82) is 0 Å². The Hall–Kier alpha value is -0.420. The zero-order chi connectivity index (χ0) is 12.6. The van der Waals surface area contributed by atoms with Crippen molar-refractivity contribution in [2.45, 2.75) is 45.1 Å². The summed E-state index contributed by atoms with van der Waals surface area (Å²) in [5.41, 5.74) is 5.24. The summed E-state index contributed by atoms with van der Waals surface area (Å²) in [6.45, 7) is 2.04. The summed E-state index contributed by atoms with van der Waals surface area (Å²) in [6.07, 6.45) is 4.79. The number of aliphatic carboxylic acids is 1. The van der Waals surface area contributed by atoms with E-state index in [0.717, 1.165) is 37.4 Å². The second-order valence-corrected chi connectivity index (χ2v) is 4.94. The standard InChI is InChI=1S/C9H15NO3.C2H5Br/c10-7(9(12)13)8(11)6-4-2-1-3-5-6;1-2-3/h6-7H,1-5,10H2,(H,12,13);2H2,1H3. The van der Waals surface area contributed by atoms with Crippen LogP contribution in [0.15, 0.2) is 0 Å². The van der Waals surface area contributed by atoms with Gasteiger partial charge in [-0.2, -0.15) is 0 Å². The predicted octanol–water partition coefficient (Wildman–Crippen LogP) is 1.95. The molecule has 0 amide bonds. The van der Waals surface area contributed by atoms with E-state index in [1.165, 1.54) is 0 Å². The summed E-state index contributed by atoms with van der Waals surface area (Å²) >= 11 is 3.15. The lowest BCUT2D eigenvalue weighted by atomic mass is 9.84. The van der Waals surface area contributed by atoms with Crippen molar-refractivity contribution < 1.29 is 14.7 Å². The van der Waals surface area contributed by atoms with Crippen LogP contribution in [0.4, 0.5) is 0 Å². The Kier molecular flexibility index (Phi) is 8.47. The molecular formula is C11H20BrNO3. The Bertz CT molecular complexity index is 227. The van der Waals surface area contributed by atoms with Crippen LogP contribution in [0.3, 0.4) is 0 Å². The molecule has 1 aliphatic rings. The molecule has 0 aromatic carbocycles. The molecule has 1 rings (SSSR count). The number of rotatable bonds is 3. The van der Waals surface area contributed by atoms with Gasteiger partial charge in [-0.3, -0.25) is 9.59 Å². The molecule has 1 atom stereocenters. The average Bonchev–Trinajstić information content (AvgIpc) is 2.29. The molecule has 0 aromatic heterocycles. The topological polar surface area (TPSA) is 80.4 Å². The fraction of sp³-hybridized carbons (Fsp3) is 0.818. The fourth-order valence-corrected chi connectivity index (χ4v) is 1.76. The number of carboxylic acids is 1. The van der Waals surface area contributed by atoms with Gasteiger partial charge >= 0.3 is 5.97 Å². The largest absolute Gasteiger partial charge is 0.480 e. The molecule has 1 saturated carbocycles. The summed E-state index contributed by atoms with van der Waals surface area (Å²) in [5, 5.41) is 9.60. The van der Waals surface area contributed by atoms with Gasteiger partial charge in [0.05, 0.1) is 0 Å². The van der Waals surface area contributed by atoms with Gasteiger partial charge in [0.25, 0.3) is 0 Å². The first-order valence-corrected chi connectivity index (χ1v) is 6.74. The van der Waals surface area contributed by atoms with Crippen molar-refractivity contribution in [1.82, 2.24) is 0 Å². The van der Waals surface area contributed by atoms with Crippen molar-refractivity contribution in [2.24, 2.45) is 11.7 Å². The highest BCUT2D eigenvalue weighted by Crippen LogP contribution is 2.24. The van der Waals surface area contributed by atoms with Crippen molar-refractivity contribution in [3.63, 3.8) is 0 Å². The number of carbonyl (C=O) groups is 2. The van der Waals surface area contributed by atoms with Crippen LogP contribution in [0.2, 0.25) is 0 Å². The molecule has 0 spiro atoms. The smallest absolute Gasteiger partial charge is 0.328 e. The Morgan fingerprint density at radius 2 is 1.81 bits per heavy atom. The SMILES string of the molecule is CCBr.NC(C(=O)O)C(=O)C1CCCCC1. The maximum Gasteiger partial charge on any atom is 0.328 e. The van der Waals surface area contributed by atoms with Gasteiger partial charge in [-0.25, -0.2) is 0 Å². The van der Waals surface area contributed by atoms with Crippen LogP contribution in [-0.2, 0) is 9.59 Å². The van der Waals surface area contributed by atoms with Gasteiger partial charge in [-0.1, -0.05) is 42.1 Å². The number of Topliss-reactive ketones (excluding diaryl/α,β-unsaturated/α-hetero) is 1. The number of carboxylic acid groups (broad SMARTS) is 1. The maximum atomic E-state index is 11.4. The predicted molar refractivity (Wildman–Crippen MR) is 66.7 cm³/mol. The van der Waals surface area contributed by atoms with E-state index in [2.05, 4.69) is 15.9 Å². The van der Waals surface area contributed by atoms with E-state index in [0.29, 0.717) is 0 Å². The van der Waals surface area contributed by atoms with Gasteiger partial charge in [0.15, 0.2) is 11.8 Å². The Balaban J connectivity index is 0.000000673. The third-order valence-electron chi connectivity index (χ3n) is 2.58. The van der Waals surface area contributed by atoms with Crippen LogP contribution >= 0.6 is 15.9 Å². The molecule has 1 aliphatic carbocycles. The van der Waals surface area contributed by atoms with E-state index >= 15 is 0 Å². The summed E-state index contributed by atoms with van der Waals surface area (Å²) in [5.74, 6) is -1.62. The first-order valence-electron chi connectivity index (χ1n) is 5.62. The molecule has 0 aromatic rings. The number of nitrogens with two attached hydrogens (primary N) is 1. The lowest BCUT2D eigenvalue weighted by Gasteiger charge is -2.21. The fourth-order valence-electron chi connectivity index (χ4n) is 1.76. The minimum atomic E-state index is -1.32. The monoisotopic (exact) mass is 293 g/mol. The normalized spacial score (nSPS) is 18.2. The lowest BCUT2D eigenvalue weighted by Crippen LogP contribution is -2.42. The van der Waals surface area contributed by atoms with Gasteiger partial charge in [-0.05, 0) is 12.8 Å². The Labute approximate surface area is 105 Å². The third kappa shape index (κ3) is 5.61. The molecule has 1 fully saturated rings. The number of hydrogen-bond acceptors (Lipinski definition) is 3. The number of hydrogen-bond donors (Lipinski definition) is 2. The van der Waals surface area contributed by atoms with E-state index in [-0.39, 0.29) is 11.7 Å². The summed E-state index contributed by atoms with van der Waals surface area (Å²) < 4.78 is 0. The molecule has 1 unspecified atom stereocenters. The average molecular weight is 294 g/mol. The summed E-state index contributed by atoms with van der Waals surface area (Å²) in [4.78, 5) is 21.9. The third-order valence-corrected chi connectivity index (χ3v) is 2.58. The van der Waals surface area contributed by atoms with E-state index in [4.69, 9.17) is 10.8 Å². The van der Waals surface area contributed by atoms with Gasteiger partial charge < -0.3 is 10.8 Å².